The molecule has 1 unspecified atom stereocenters. The Morgan fingerprint density at radius 2 is 1.79 bits per heavy atom. The zero-order valence-corrected chi connectivity index (χ0v) is 11.8. The molecule has 2 heterocycles. The number of primary amides is 1. The number of amides is 1. The van der Waals surface area contributed by atoms with Crippen LogP contribution in [-0.4, -0.2) is 35.7 Å². The van der Waals surface area contributed by atoms with Crippen LogP contribution in [0.25, 0.3) is 0 Å². The van der Waals surface area contributed by atoms with Gasteiger partial charge in [0.05, 0.1) is 5.60 Å². The average molecular weight is 266 g/mol. The Morgan fingerprint density at radius 3 is 2.42 bits per heavy atom. The molecule has 3 rings (SSSR count). The normalized spacial score (nSPS) is 40.0. The van der Waals surface area contributed by atoms with Gasteiger partial charge in [-0.1, -0.05) is 0 Å². The van der Waals surface area contributed by atoms with Gasteiger partial charge in [0.15, 0.2) is 0 Å². The summed E-state index contributed by atoms with van der Waals surface area (Å²) in [4.78, 5) is 13.5. The smallest absolute Gasteiger partial charge is 0.217 e. The molecule has 3 fully saturated rings. The van der Waals surface area contributed by atoms with Crippen molar-refractivity contribution in [2.45, 2.75) is 69.6 Å². The Balaban J connectivity index is 1.51. The van der Waals surface area contributed by atoms with E-state index in [0.717, 1.165) is 25.7 Å². The van der Waals surface area contributed by atoms with E-state index >= 15 is 0 Å². The zero-order chi connectivity index (χ0) is 13.3. The van der Waals surface area contributed by atoms with Crippen molar-refractivity contribution in [3.63, 3.8) is 0 Å². The minimum atomic E-state index is -0.150. The van der Waals surface area contributed by atoms with E-state index < -0.39 is 0 Å². The van der Waals surface area contributed by atoms with Crippen molar-refractivity contribution in [3.8, 4) is 0 Å². The van der Waals surface area contributed by atoms with Crippen molar-refractivity contribution in [3.05, 3.63) is 0 Å². The molecule has 0 bridgehead atoms. The van der Waals surface area contributed by atoms with Crippen LogP contribution in [0, 0.1) is 5.92 Å². The fourth-order valence-electron chi connectivity index (χ4n) is 4.14. The molecule has 4 heteroatoms. The van der Waals surface area contributed by atoms with E-state index in [1.54, 1.807) is 0 Å². The summed E-state index contributed by atoms with van der Waals surface area (Å²) in [6.45, 7) is 2.43. The van der Waals surface area contributed by atoms with E-state index in [2.05, 4.69) is 4.90 Å². The highest BCUT2D eigenvalue weighted by Crippen LogP contribution is 2.45. The van der Waals surface area contributed by atoms with Crippen molar-refractivity contribution < 1.29 is 9.53 Å². The van der Waals surface area contributed by atoms with Gasteiger partial charge in [-0.2, -0.15) is 0 Å². The highest BCUT2D eigenvalue weighted by molar-refractivity contribution is 5.73. The number of hydrogen-bond acceptors (Lipinski definition) is 3. The molecule has 1 amide bonds. The second-order valence-corrected chi connectivity index (χ2v) is 6.65. The van der Waals surface area contributed by atoms with Crippen LogP contribution in [0.15, 0.2) is 0 Å². The number of nitrogens with two attached hydrogens (primary N) is 1. The molecule has 1 spiro atoms. The molecule has 0 aromatic rings. The number of ether oxygens (including phenoxy) is 1. The number of rotatable bonds is 3. The number of carbonyl (C=O) groups excluding carboxylic acids is 1. The summed E-state index contributed by atoms with van der Waals surface area (Å²) in [7, 11) is 0. The minimum absolute atomic E-state index is 0.126. The minimum Gasteiger partial charge on any atom is -0.370 e. The van der Waals surface area contributed by atoms with E-state index in [1.165, 1.54) is 38.8 Å². The maximum absolute atomic E-state index is 11.0. The fraction of sp³-hybridized carbons (Fsp3) is 0.933. The Bertz CT molecular complexity index is 331. The zero-order valence-electron chi connectivity index (χ0n) is 11.8. The van der Waals surface area contributed by atoms with Crippen molar-refractivity contribution in [2.24, 2.45) is 11.7 Å². The highest BCUT2D eigenvalue weighted by Gasteiger charge is 2.44. The number of hydrogen-bond donors (Lipinski definition) is 1. The number of carbonyl (C=O) groups is 1. The lowest BCUT2D eigenvalue weighted by atomic mass is 9.76. The Morgan fingerprint density at radius 1 is 1.16 bits per heavy atom. The topological polar surface area (TPSA) is 55.6 Å². The highest BCUT2D eigenvalue weighted by atomic mass is 16.5. The van der Waals surface area contributed by atoms with Gasteiger partial charge in [-0.15, -0.1) is 0 Å². The van der Waals surface area contributed by atoms with Gasteiger partial charge in [0, 0.05) is 19.5 Å². The van der Waals surface area contributed by atoms with Crippen LogP contribution in [0.2, 0.25) is 0 Å². The lowest BCUT2D eigenvalue weighted by Gasteiger charge is -2.37. The molecule has 2 aliphatic heterocycles. The summed E-state index contributed by atoms with van der Waals surface area (Å²) < 4.78 is 6.44. The first-order valence-corrected chi connectivity index (χ1v) is 7.87. The molecule has 2 saturated heterocycles. The first-order chi connectivity index (χ1) is 9.17. The number of nitrogens with zero attached hydrogens (tertiary/aromatic N) is 1. The van der Waals surface area contributed by atoms with Gasteiger partial charge < -0.3 is 10.5 Å². The molecular weight excluding hydrogens is 240 g/mol. The van der Waals surface area contributed by atoms with Gasteiger partial charge in [-0.3, -0.25) is 9.69 Å². The third kappa shape index (κ3) is 2.95. The quantitative estimate of drug-likeness (QED) is 0.850. The molecular formula is C15H26N2O2. The monoisotopic (exact) mass is 266 g/mol. The summed E-state index contributed by atoms with van der Waals surface area (Å²) in [5.74, 6) is 0.348. The fourth-order valence-corrected chi connectivity index (χ4v) is 4.14. The van der Waals surface area contributed by atoms with Gasteiger partial charge in [-0.05, 0) is 57.3 Å². The van der Waals surface area contributed by atoms with E-state index in [0.29, 0.717) is 18.6 Å². The molecule has 4 nitrogen and oxygen atoms in total. The van der Waals surface area contributed by atoms with Gasteiger partial charge in [-0.25, -0.2) is 0 Å². The molecule has 0 radical (unpaired) electrons. The SMILES string of the molecule is NC(=O)CC1CCC2(CC1)CCC(N1CCCC1)O2. The molecule has 0 aromatic heterocycles. The lowest BCUT2D eigenvalue weighted by Crippen LogP contribution is -2.39. The summed E-state index contributed by atoms with van der Waals surface area (Å²) in [6, 6.07) is 0. The van der Waals surface area contributed by atoms with E-state index in [-0.39, 0.29) is 11.5 Å². The average Bonchev–Trinajstić information content (AvgIpc) is 3.02. The van der Waals surface area contributed by atoms with Crippen molar-refractivity contribution >= 4 is 5.91 Å². The van der Waals surface area contributed by atoms with Crippen LogP contribution in [0.5, 0.6) is 0 Å². The van der Waals surface area contributed by atoms with Crippen LogP contribution in [-0.2, 0) is 9.53 Å². The third-order valence-corrected chi connectivity index (χ3v) is 5.29. The molecule has 1 aliphatic carbocycles. The third-order valence-electron chi connectivity index (χ3n) is 5.29. The summed E-state index contributed by atoms with van der Waals surface area (Å²) in [6.07, 6.45) is 10.4. The Kier molecular flexibility index (Phi) is 3.81. The maximum atomic E-state index is 11.0. The number of likely N-dealkylation sites (tertiary alicyclic amines) is 1. The van der Waals surface area contributed by atoms with Crippen LogP contribution in [0.3, 0.4) is 0 Å². The first kappa shape index (κ1) is 13.4. The van der Waals surface area contributed by atoms with Crippen molar-refractivity contribution in [1.82, 2.24) is 4.90 Å². The van der Waals surface area contributed by atoms with Gasteiger partial charge in [0.1, 0.15) is 6.23 Å². The van der Waals surface area contributed by atoms with E-state index in [9.17, 15) is 4.79 Å². The molecule has 1 saturated carbocycles. The molecule has 2 N–H and O–H groups in total. The van der Waals surface area contributed by atoms with Crippen LogP contribution in [0.1, 0.15) is 57.8 Å². The Hall–Kier alpha value is -0.610. The molecule has 19 heavy (non-hydrogen) atoms. The van der Waals surface area contributed by atoms with Gasteiger partial charge in [0.2, 0.25) is 5.91 Å². The first-order valence-electron chi connectivity index (χ1n) is 7.87. The standard InChI is InChI=1S/C15H26N2O2/c16-13(18)11-12-3-6-15(7-4-12)8-5-14(19-15)17-9-1-2-10-17/h12,14H,1-11H2,(H2,16,18). The molecule has 108 valence electrons. The van der Waals surface area contributed by atoms with E-state index in [4.69, 9.17) is 10.5 Å². The van der Waals surface area contributed by atoms with Crippen LogP contribution in [0.4, 0.5) is 0 Å². The Labute approximate surface area is 115 Å². The van der Waals surface area contributed by atoms with Gasteiger partial charge >= 0.3 is 0 Å². The molecule has 3 aliphatic rings. The summed E-state index contributed by atoms with van der Waals surface area (Å²) in [5, 5.41) is 0. The predicted octanol–water partition coefficient (Wildman–Crippen LogP) is 2.02. The molecule has 0 aromatic carbocycles. The summed E-state index contributed by atoms with van der Waals surface area (Å²) >= 11 is 0. The van der Waals surface area contributed by atoms with Crippen molar-refractivity contribution in [1.29, 1.82) is 0 Å². The predicted molar refractivity (Wildman–Crippen MR) is 73.4 cm³/mol. The van der Waals surface area contributed by atoms with Crippen molar-refractivity contribution in [2.75, 3.05) is 13.1 Å². The van der Waals surface area contributed by atoms with E-state index in [1.807, 2.05) is 0 Å². The second kappa shape index (κ2) is 5.41. The lowest BCUT2D eigenvalue weighted by molar-refractivity contribution is -0.126. The summed E-state index contributed by atoms with van der Waals surface area (Å²) in [5.41, 5.74) is 5.42. The molecule has 1 atom stereocenters. The van der Waals surface area contributed by atoms with Crippen LogP contribution < -0.4 is 5.73 Å². The maximum Gasteiger partial charge on any atom is 0.217 e. The second-order valence-electron chi connectivity index (χ2n) is 6.65. The van der Waals surface area contributed by atoms with Gasteiger partial charge in [0.25, 0.3) is 0 Å². The van der Waals surface area contributed by atoms with Crippen LogP contribution >= 0.6 is 0 Å². The largest absolute Gasteiger partial charge is 0.370 e.